The monoisotopic (exact) mass is 471 g/mol. The van der Waals surface area contributed by atoms with E-state index in [1.165, 1.54) is 5.56 Å². The molecule has 1 fully saturated rings. The molecule has 1 aliphatic carbocycles. The first-order chi connectivity index (χ1) is 16.2. The minimum absolute atomic E-state index is 0.406. The summed E-state index contributed by atoms with van der Waals surface area (Å²) in [6.07, 6.45) is 4.39. The Morgan fingerprint density at radius 1 is 1.26 bits per heavy atom. The Bertz CT molecular complexity index is 1370. The Balaban J connectivity index is 1.57. The van der Waals surface area contributed by atoms with Crippen molar-refractivity contribution in [1.29, 1.82) is 0 Å². The van der Waals surface area contributed by atoms with Gasteiger partial charge < -0.3 is 14.9 Å². The minimum Gasteiger partial charge on any atom is -0.345 e. The number of nitrogens with zero attached hydrogens (tertiary/aromatic N) is 5. The molecular weight excluding hydrogens is 447 g/mol. The zero-order chi connectivity index (χ0) is 24.0. The van der Waals surface area contributed by atoms with Crippen LogP contribution in [-0.4, -0.2) is 48.1 Å². The van der Waals surface area contributed by atoms with Crippen LogP contribution in [0.1, 0.15) is 56.5 Å². The third kappa shape index (κ3) is 4.22. The lowest BCUT2D eigenvalue weighted by Crippen LogP contribution is -2.38. The van der Waals surface area contributed by atoms with Crippen molar-refractivity contribution in [2.24, 2.45) is 0 Å². The summed E-state index contributed by atoms with van der Waals surface area (Å²) in [5.41, 5.74) is 3.57. The molecule has 4 heterocycles. The smallest absolute Gasteiger partial charge is 0.345 e. The van der Waals surface area contributed by atoms with Crippen LogP contribution in [0.25, 0.3) is 33.6 Å². The van der Waals surface area contributed by atoms with Crippen LogP contribution in [0.15, 0.2) is 24.7 Å². The molecule has 1 saturated carbocycles. The van der Waals surface area contributed by atoms with E-state index in [1.807, 2.05) is 18.4 Å². The number of aromatic amines is 1. The van der Waals surface area contributed by atoms with Gasteiger partial charge in [-0.05, 0) is 43.7 Å². The van der Waals surface area contributed by atoms with Crippen LogP contribution >= 0.6 is 0 Å². The molecule has 8 nitrogen and oxygen atoms in total. The van der Waals surface area contributed by atoms with Crippen LogP contribution in [0.2, 0.25) is 0 Å². The lowest BCUT2D eigenvalue weighted by molar-refractivity contribution is -0.140. The topological polar surface area (TPSA) is 101 Å². The van der Waals surface area contributed by atoms with E-state index in [2.05, 4.69) is 26.0 Å². The van der Waals surface area contributed by atoms with Crippen LogP contribution < -0.4 is 5.32 Å². The van der Waals surface area contributed by atoms with Gasteiger partial charge in [0, 0.05) is 29.8 Å². The standard InChI is InChI=1S/C23H24F3N7O/c1-3-4-18-31-17-10-29-20(16-9-28-19-15(16)7-14(8-27-19)13-5-6-13)32-21(17)33(18)12(2)22(34)30-11-23(24,25)26/h7-10,12-13H,3-6,11H2,1-2H3,(H,27,28)(H,30,34). The summed E-state index contributed by atoms with van der Waals surface area (Å²) in [5.74, 6) is 0.799. The van der Waals surface area contributed by atoms with Crippen LogP contribution in [0, 0.1) is 0 Å². The van der Waals surface area contributed by atoms with Gasteiger partial charge in [0.1, 0.15) is 29.6 Å². The van der Waals surface area contributed by atoms with Gasteiger partial charge in [0.25, 0.3) is 0 Å². The van der Waals surface area contributed by atoms with E-state index in [4.69, 9.17) is 4.98 Å². The number of hydrogen-bond donors (Lipinski definition) is 2. The lowest BCUT2D eigenvalue weighted by atomic mass is 10.1. The molecule has 34 heavy (non-hydrogen) atoms. The summed E-state index contributed by atoms with van der Waals surface area (Å²) < 4.78 is 39.5. The summed E-state index contributed by atoms with van der Waals surface area (Å²) in [5, 5.41) is 2.87. The quantitative estimate of drug-likeness (QED) is 0.415. The highest BCUT2D eigenvalue weighted by atomic mass is 19.4. The van der Waals surface area contributed by atoms with Crippen molar-refractivity contribution in [3.05, 3.63) is 36.0 Å². The van der Waals surface area contributed by atoms with Gasteiger partial charge >= 0.3 is 6.18 Å². The molecule has 4 aromatic rings. The number of aromatic nitrogens is 6. The predicted molar refractivity (Wildman–Crippen MR) is 120 cm³/mol. The van der Waals surface area contributed by atoms with Crippen LogP contribution in [0.3, 0.4) is 0 Å². The highest BCUT2D eigenvalue weighted by molar-refractivity contribution is 5.93. The maximum Gasteiger partial charge on any atom is 0.405 e. The molecule has 5 rings (SSSR count). The van der Waals surface area contributed by atoms with E-state index in [9.17, 15) is 18.0 Å². The fourth-order valence-corrected chi connectivity index (χ4v) is 4.17. The second kappa shape index (κ2) is 8.37. The van der Waals surface area contributed by atoms with Crippen molar-refractivity contribution in [3.63, 3.8) is 0 Å². The Hall–Kier alpha value is -3.50. The third-order valence-electron chi connectivity index (χ3n) is 6.05. The van der Waals surface area contributed by atoms with E-state index in [0.29, 0.717) is 35.2 Å². The molecule has 1 amide bonds. The largest absolute Gasteiger partial charge is 0.405 e. The van der Waals surface area contributed by atoms with Gasteiger partial charge in [0.05, 0.1) is 6.20 Å². The highest BCUT2D eigenvalue weighted by Crippen LogP contribution is 2.41. The molecule has 0 saturated heterocycles. The second-order valence-corrected chi connectivity index (χ2v) is 8.70. The van der Waals surface area contributed by atoms with Crippen LogP contribution in [0.4, 0.5) is 13.2 Å². The molecule has 0 aromatic carbocycles. The number of amides is 1. The number of carbonyl (C=O) groups is 1. The summed E-state index contributed by atoms with van der Waals surface area (Å²) in [6.45, 7) is 2.12. The van der Waals surface area contributed by atoms with Crippen molar-refractivity contribution in [2.75, 3.05) is 6.54 Å². The Labute approximate surface area is 193 Å². The molecule has 1 unspecified atom stereocenters. The average Bonchev–Trinajstić information content (AvgIpc) is 3.47. The molecule has 1 atom stereocenters. The minimum atomic E-state index is -4.49. The Kier molecular flexibility index (Phi) is 5.49. The van der Waals surface area contributed by atoms with Crippen LogP contribution in [0.5, 0.6) is 0 Å². The van der Waals surface area contributed by atoms with Gasteiger partial charge in [-0.25, -0.2) is 19.9 Å². The van der Waals surface area contributed by atoms with Gasteiger partial charge in [0.15, 0.2) is 11.5 Å². The zero-order valence-corrected chi connectivity index (χ0v) is 18.8. The normalized spacial score (nSPS) is 15.2. The number of aryl methyl sites for hydroxylation is 1. The fourth-order valence-electron chi connectivity index (χ4n) is 4.17. The number of nitrogens with one attached hydrogen (secondary N) is 2. The number of carbonyl (C=O) groups excluding carboxylic acids is 1. The van der Waals surface area contributed by atoms with Gasteiger partial charge in [-0.2, -0.15) is 13.2 Å². The number of fused-ring (bicyclic) bond motifs is 2. The molecular formula is C23H24F3N7O. The highest BCUT2D eigenvalue weighted by Gasteiger charge is 2.30. The predicted octanol–water partition coefficient (Wildman–Crippen LogP) is 4.44. The van der Waals surface area contributed by atoms with Gasteiger partial charge in [-0.15, -0.1) is 0 Å². The summed E-state index contributed by atoms with van der Waals surface area (Å²) in [4.78, 5) is 34.0. The van der Waals surface area contributed by atoms with E-state index in [-0.39, 0.29) is 0 Å². The number of alkyl halides is 3. The molecule has 2 N–H and O–H groups in total. The first-order valence-corrected chi connectivity index (χ1v) is 11.3. The lowest BCUT2D eigenvalue weighted by Gasteiger charge is -2.17. The zero-order valence-electron chi connectivity index (χ0n) is 18.8. The molecule has 1 aliphatic rings. The first-order valence-electron chi connectivity index (χ1n) is 11.3. The SMILES string of the molecule is CCCc1nc2cnc(-c3c[nH]c4ncc(C5CC5)cc34)nc2n1C(C)C(=O)NCC(F)(F)F. The number of pyridine rings is 1. The Morgan fingerprint density at radius 3 is 2.76 bits per heavy atom. The second-order valence-electron chi connectivity index (χ2n) is 8.70. The van der Waals surface area contributed by atoms with E-state index in [0.717, 1.165) is 35.9 Å². The summed E-state index contributed by atoms with van der Waals surface area (Å²) >= 11 is 0. The maximum absolute atomic E-state index is 12.6. The van der Waals surface area contributed by atoms with E-state index >= 15 is 0 Å². The molecule has 178 valence electrons. The molecule has 11 heteroatoms. The van der Waals surface area contributed by atoms with Crippen LogP contribution in [-0.2, 0) is 11.2 Å². The van der Waals surface area contributed by atoms with Crippen molar-refractivity contribution in [2.45, 2.75) is 57.7 Å². The van der Waals surface area contributed by atoms with Crippen molar-refractivity contribution < 1.29 is 18.0 Å². The molecule has 0 bridgehead atoms. The van der Waals surface area contributed by atoms with Crippen molar-refractivity contribution in [1.82, 2.24) is 34.8 Å². The fraction of sp³-hybridized carbons (Fsp3) is 0.435. The third-order valence-corrected chi connectivity index (χ3v) is 6.05. The Morgan fingerprint density at radius 2 is 2.06 bits per heavy atom. The van der Waals surface area contributed by atoms with Gasteiger partial charge in [-0.1, -0.05) is 6.92 Å². The first kappa shape index (κ1) is 22.3. The number of hydrogen-bond acceptors (Lipinski definition) is 5. The van der Waals surface area contributed by atoms with Gasteiger partial charge in [-0.3, -0.25) is 4.79 Å². The number of H-pyrrole nitrogens is 1. The van der Waals surface area contributed by atoms with Gasteiger partial charge in [0.2, 0.25) is 5.91 Å². The maximum atomic E-state index is 12.6. The van der Waals surface area contributed by atoms with E-state index < -0.39 is 24.7 Å². The number of halogens is 3. The van der Waals surface area contributed by atoms with E-state index in [1.54, 1.807) is 23.9 Å². The number of imidazole rings is 1. The molecule has 0 aliphatic heterocycles. The summed E-state index contributed by atoms with van der Waals surface area (Å²) in [7, 11) is 0. The molecule has 0 radical (unpaired) electrons. The number of rotatable bonds is 7. The van der Waals surface area contributed by atoms with Crippen molar-refractivity contribution in [3.8, 4) is 11.4 Å². The molecule has 4 aromatic heterocycles. The summed E-state index contributed by atoms with van der Waals surface area (Å²) in [6, 6.07) is 1.18. The molecule has 0 spiro atoms. The average molecular weight is 471 g/mol. The van der Waals surface area contributed by atoms with Crippen molar-refractivity contribution >= 4 is 28.1 Å².